The van der Waals surface area contributed by atoms with Crippen LogP contribution in [0.15, 0.2) is 12.1 Å². The fraction of sp³-hybridized carbons (Fsp3) is 0.300. The summed E-state index contributed by atoms with van der Waals surface area (Å²) in [5.41, 5.74) is 1.50. The topological polar surface area (TPSA) is 93.1 Å². The van der Waals surface area contributed by atoms with Gasteiger partial charge in [0.1, 0.15) is 23.0 Å². The van der Waals surface area contributed by atoms with Gasteiger partial charge in [0.05, 0.1) is 36.5 Å². The first-order valence-corrected chi connectivity index (χ1v) is 7.98. The van der Waals surface area contributed by atoms with Crippen molar-refractivity contribution in [2.75, 3.05) is 14.2 Å². The second-order valence-electron chi connectivity index (χ2n) is 6.10. The van der Waals surface area contributed by atoms with Crippen molar-refractivity contribution in [1.82, 2.24) is 0 Å². The minimum atomic E-state index is -0.332. The summed E-state index contributed by atoms with van der Waals surface area (Å²) in [4.78, 5) is 24.0. The highest BCUT2D eigenvalue weighted by atomic mass is 16.5. The molecule has 0 heterocycles. The van der Waals surface area contributed by atoms with E-state index in [1.807, 2.05) is 0 Å². The fourth-order valence-corrected chi connectivity index (χ4v) is 3.23. The summed E-state index contributed by atoms with van der Waals surface area (Å²) in [5.74, 6) is -0.834. The third kappa shape index (κ3) is 2.98. The van der Waals surface area contributed by atoms with Gasteiger partial charge < -0.3 is 19.7 Å². The average molecular weight is 358 g/mol. The van der Waals surface area contributed by atoms with Gasteiger partial charge in [0.15, 0.2) is 11.6 Å². The molecule has 2 rings (SSSR count). The van der Waals surface area contributed by atoms with Crippen LogP contribution in [-0.2, 0) is 0 Å². The number of aromatic hydroxyl groups is 2. The van der Waals surface area contributed by atoms with E-state index in [1.165, 1.54) is 28.1 Å². The van der Waals surface area contributed by atoms with Gasteiger partial charge in [0.2, 0.25) is 0 Å². The number of aryl methyl sites for hydroxylation is 2. The predicted molar refractivity (Wildman–Crippen MR) is 97.8 cm³/mol. The Labute approximate surface area is 152 Å². The van der Waals surface area contributed by atoms with Gasteiger partial charge in [-0.25, -0.2) is 0 Å². The van der Waals surface area contributed by atoms with Crippen molar-refractivity contribution in [2.24, 2.45) is 0 Å². The molecule has 0 aliphatic carbocycles. The van der Waals surface area contributed by atoms with E-state index < -0.39 is 0 Å². The number of Topliss-reactive ketones (excluding diaryl/α,β-unsaturated/α-hetero) is 2. The molecule has 0 amide bonds. The number of ketones is 2. The zero-order valence-corrected chi connectivity index (χ0v) is 15.7. The van der Waals surface area contributed by atoms with Crippen molar-refractivity contribution in [3.05, 3.63) is 34.4 Å². The maximum absolute atomic E-state index is 12.0. The maximum atomic E-state index is 12.0. The number of phenolic OH excluding ortho intramolecular Hbond substituents is 2. The highest BCUT2D eigenvalue weighted by Gasteiger charge is 2.28. The van der Waals surface area contributed by atoms with Gasteiger partial charge in [-0.05, 0) is 51.0 Å². The second-order valence-corrected chi connectivity index (χ2v) is 6.10. The molecule has 0 aliphatic heterocycles. The van der Waals surface area contributed by atoms with Crippen molar-refractivity contribution in [1.29, 1.82) is 0 Å². The van der Waals surface area contributed by atoms with Crippen molar-refractivity contribution < 1.29 is 29.3 Å². The van der Waals surface area contributed by atoms with Gasteiger partial charge in [-0.15, -0.1) is 0 Å². The number of rotatable bonds is 5. The van der Waals surface area contributed by atoms with Gasteiger partial charge in [0.25, 0.3) is 0 Å². The molecule has 0 saturated heterocycles. The Morgan fingerprint density at radius 3 is 1.31 bits per heavy atom. The van der Waals surface area contributed by atoms with E-state index in [1.54, 1.807) is 26.0 Å². The lowest BCUT2D eigenvalue weighted by atomic mass is 9.90. The van der Waals surface area contributed by atoms with Crippen LogP contribution in [0.5, 0.6) is 23.0 Å². The molecule has 2 aromatic rings. The summed E-state index contributed by atoms with van der Waals surface area (Å²) in [6, 6.07) is 3.19. The monoisotopic (exact) mass is 358 g/mol. The van der Waals surface area contributed by atoms with Crippen LogP contribution in [0.1, 0.15) is 45.7 Å². The number of carbonyl (C=O) groups is 2. The lowest BCUT2D eigenvalue weighted by Crippen LogP contribution is -2.04. The molecule has 0 bridgehead atoms. The summed E-state index contributed by atoms with van der Waals surface area (Å²) in [6.07, 6.45) is 0. The van der Waals surface area contributed by atoms with Crippen LogP contribution < -0.4 is 9.47 Å². The number of hydrogen-bond donors (Lipinski definition) is 2. The first-order valence-electron chi connectivity index (χ1n) is 7.98. The minimum Gasteiger partial charge on any atom is -0.506 e. The van der Waals surface area contributed by atoms with Gasteiger partial charge in [-0.1, -0.05) is 0 Å². The molecule has 138 valence electrons. The molecule has 0 fully saturated rings. The second kappa shape index (κ2) is 7.07. The molecule has 2 aromatic carbocycles. The molecule has 0 radical (unpaired) electrons. The van der Waals surface area contributed by atoms with E-state index >= 15 is 0 Å². The molecular weight excluding hydrogens is 336 g/mol. The SMILES string of the molecule is COc1cc(C)c(C(C)=O)c(O)c1-c1c(OC)cc(C)c(C(C)=O)c1O. The molecule has 26 heavy (non-hydrogen) atoms. The first-order chi connectivity index (χ1) is 12.1. The van der Waals surface area contributed by atoms with Crippen LogP contribution >= 0.6 is 0 Å². The van der Waals surface area contributed by atoms with Gasteiger partial charge >= 0.3 is 0 Å². The van der Waals surface area contributed by atoms with Gasteiger partial charge in [-0.3, -0.25) is 9.59 Å². The van der Waals surface area contributed by atoms with Gasteiger partial charge in [0, 0.05) is 0 Å². The number of benzene rings is 2. The molecule has 0 aliphatic rings. The molecule has 6 heteroatoms. The van der Waals surface area contributed by atoms with Crippen LogP contribution in [0.25, 0.3) is 11.1 Å². The number of hydrogen-bond acceptors (Lipinski definition) is 6. The highest BCUT2D eigenvalue weighted by Crippen LogP contribution is 2.50. The fourth-order valence-electron chi connectivity index (χ4n) is 3.23. The van der Waals surface area contributed by atoms with Crippen LogP contribution in [-0.4, -0.2) is 36.0 Å². The Kier molecular flexibility index (Phi) is 5.25. The van der Waals surface area contributed by atoms with Gasteiger partial charge in [-0.2, -0.15) is 0 Å². The van der Waals surface area contributed by atoms with Crippen molar-refractivity contribution in [3.8, 4) is 34.1 Å². The van der Waals surface area contributed by atoms with Crippen molar-refractivity contribution in [2.45, 2.75) is 27.7 Å². The van der Waals surface area contributed by atoms with E-state index in [2.05, 4.69) is 0 Å². The molecular formula is C20H22O6. The summed E-state index contributed by atoms with van der Waals surface area (Å²) in [5, 5.41) is 21.6. The summed E-state index contributed by atoms with van der Waals surface area (Å²) in [7, 11) is 2.82. The lowest BCUT2D eigenvalue weighted by Gasteiger charge is -2.20. The molecule has 0 spiro atoms. The van der Waals surface area contributed by atoms with Crippen LogP contribution in [0, 0.1) is 13.8 Å². The van der Waals surface area contributed by atoms with Crippen LogP contribution in [0.4, 0.5) is 0 Å². The van der Waals surface area contributed by atoms with E-state index in [-0.39, 0.29) is 56.8 Å². The number of ether oxygens (including phenoxy) is 2. The Bertz CT molecular complexity index is 836. The summed E-state index contributed by atoms with van der Waals surface area (Å²) < 4.78 is 10.7. The van der Waals surface area contributed by atoms with Crippen molar-refractivity contribution in [3.63, 3.8) is 0 Å². The predicted octanol–water partition coefficient (Wildman–Crippen LogP) is 3.80. The largest absolute Gasteiger partial charge is 0.506 e. The molecule has 0 saturated carbocycles. The Morgan fingerprint density at radius 2 is 1.08 bits per heavy atom. The number of methoxy groups -OCH3 is 2. The Morgan fingerprint density at radius 1 is 0.769 bits per heavy atom. The average Bonchev–Trinajstić information content (AvgIpc) is 2.54. The standard InChI is InChI=1S/C20H22O6/c1-9-7-13(25-5)17(19(23)15(9)11(3)21)18-14(26-6)8-10(2)16(12(4)22)20(18)24/h7-8,23-24H,1-6H3. The van der Waals surface area contributed by atoms with Crippen molar-refractivity contribution >= 4 is 11.6 Å². The smallest absolute Gasteiger partial charge is 0.163 e. The highest BCUT2D eigenvalue weighted by molar-refractivity contribution is 6.05. The maximum Gasteiger partial charge on any atom is 0.163 e. The van der Waals surface area contributed by atoms with Crippen LogP contribution in [0.3, 0.4) is 0 Å². The number of carbonyl (C=O) groups excluding carboxylic acids is 2. The zero-order chi connectivity index (χ0) is 19.8. The van der Waals surface area contributed by atoms with E-state index in [9.17, 15) is 19.8 Å². The van der Waals surface area contributed by atoms with E-state index in [4.69, 9.17) is 9.47 Å². The quantitative estimate of drug-likeness (QED) is 0.790. The lowest BCUT2D eigenvalue weighted by molar-refractivity contribution is 0.100. The molecule has 0 atom stereocenters. The molecule has 2 N–H and O–H groups in total. The zero-order valence-electron chi connectivity index (χ0n) is 15.7. The normalized spacial score (nSPS) is 10.5. The molecule has 0 aromatic heterocycles. The third-order valence-electron chi connectivity index (χ3n) is 4.32. The minimum absolute atomic E-state index is 0.0974. The Hall–Kier alpha value is -3.02. The van der Waals surface area contributed by atoms with E-state index in [0.717, 1.165) is 0 Å². The van der Waals surface area contributed by atoms with E-state index in [0.29, 0.717) is 11.1 Å². The summed E-state index contributed by atoms with van der Waals surface area (Å²) >= 11 is 0. The molecule has 0 unspecified atom stereocenters. The Balaban J connectivity index is 3.05. The van der Waals surface area contributed by atoms with Crippen LogP contribution in [0.2, 0.25) is 0 Å². The third-order valence-corrected chi connectivity index (χ3v) is 4.32. The number of phenols is 2. The summed E-state index contributed by atoms with van der Waals surface area (Å²) in [6.45, 7) is 6.03. The first kappa shape index (κ1) is 19.3. The molecule has 6 nitrogen and oxygen atoms in total.